The molecular formula is C14H16F3N3O. The lowest BCUT2D eigenvalue weighted by atomic mass is 10.0. The molecule has 0 saturated heterocycles. The molecule has 2 rings (SSSR count). The number of hydrogen-bond acceptors (Lipinski definition) is 3. The summed E-state index contributed by atoms with van der Waals surface area (Å²) in [6.45, 7) is 3.82. The SMILES string of the molecule is CC(C)n1ncnc1CC(O)c1cccc(C(F)(F)F)c1. The minimum Gasteiger partial charge on any atom is -0.388 e. The van der Waals surface area contributed by atoms with Crippen molar-refractivity contribution in [3.05, 3.63) is 47.5 Å². The maximum Gasteiger partial charge on any atom is 0.416 e. The van der Waals surface area contributed by atoms with E-state index in [1.54, 1.807) is 4.68 Å². The second-order valence-corrected chi connectivity index (χ2v) is 5.06. The third kappa shape index (κ3) is 3.60. The van der Waals surface area contributed by atoms with Gasteiger partial charge in [-0.15, -0.1) is 0 Å². The first-order valence-corrected chi connectivity index (χ1v) is 6.52. The molecule has 21 heavy (non-hydrogen) atoms. The van der Waals surface area contributed by atoms with Gasteiger partial charge in [-0.25, -0.2) is 9.67 Å². The summed E-state index contributed by atoms with van der Waals surface area (Å²) in [6.07, 6.45) is -4.00. The van der Waals surface area contributed by atoms with Gasteiger partial charge >= 0.3 is 6.18 Å². The minimum absolute atomic E-state index is 0.0659. The van der Waals surface area contributed by atoms with E-state index in [4.69, 9.17) is 0 Å². The molecule has 1 N–H and O–H groups in total. The van der Waals surface area contributed by atoms with Gasteiger partial charge in [0.2, 0.25) is 0 Å². The molecule has 1 heterocycles. The number of aliphatic hydroxyl groups excluding tert-OH is 1. The molecule has 0 fully saturated rings. The number of aliphatic hydroxyl groups is 1. The van der Waals surface area contributed by atoms with E-state index < -0.39 is 17.8 Å². The van der Waals surface area contributed by atoms with Crippen LogP contribution < -0.4 is 0 Å². The van der Waals surface area contributed by atoms with Gasteiger partial charge in [-0.2, -0.15) is 18.3 Å². The third-order valence-electron chi connectivity index (χ3n) is 3.11. The van der Waals surface area contributed by atoms with Gasteiger partial charge in [0, 0.05) is 12.5 Å². The van der Waals surface area contributed by atoms with E-state index in [1.807, 2.05) is 13.8 Å². The number of halogens is 3. The Balaban J connectivity index is 2.21. The first kappa shape index (κ1) is 15.5. The average molecular weight is 299 g/mol. The Morgan fingerprint density at radius 2 is 2.00 bits per heavy atom. The molecule has 0 aliphatic heterocycles. The van der Waals surface area contributed by atoms with Crippen molar-refractivity contribution in [1.29, 1.82) is 0 Å². The first-order valence-electron chi connectivity index (χ1n) is 6.52. The van der Waals surface area contributed by atoms with E-state index >= 15 is 0 Å². The van der Waals surface area contributed by atoms with Gasteiger partial charge in [0.05, 0.1) is 11.7 Å². The van der Waals surface area contributed by atoms with E-state index in [2.05, 4.69) is 10.1 Å². The van der Waals surface area contributed by atoms with Crippen molar-refractivity contribution in [3.8, 4) is 0 Å². The zero-order chi connectivity index (χ0) is 15.6. The van der Waals surface area contributed by atoms with Crippen LogP contribution in [0.2, 0.25) is 0 Å². The van der Waals surface area contributed by atoms with E-state index in [1.165, 1.54) is 18.5 Å². The van der Waals surface area contributed by atoms with Crippen molar-refractivity contribution in [3.63, 3.8) is 0 Å². The Morgan fingerprint density at radius 1 is 1.29 bits per heavy atom. The van der Waals surface area contributed by atoms with Crippen LogP contribution in [0.25, 0.3) is 0 Å². The monoisotopic (exact) mass is 299 g/mol. The van der Waals surface area contributed by atoms with Crippen LogP contribution in [0.15, 0.2) is 30.6 Å². The molecule has 1 atom stereocenters. The highest BCUT2D eigenvalue weighted by molar-refractivity contribution is 5.27. The maximum absolute atomic E-state index is 12.7. The van der Waals surface area contributed by atoms with Crippen LogP contribution in [-0.4, -0.2) is 19.9 Å². The van der Waals surface area contributed by atoms with Crippen LogP contribution >= 0.6 is 0 Å². The van der Waals surface area contributed by atoms with Gasteiger partial charge in [0.15, 0.2) is 0 Å². The van der Waals surface area contributed by atoms with Crippen molar-refractivity contribution < 1.29 is 18.3 Å². The molecule has 2 aromatic rings. The van der Waals surface area contributed by atoms with E-state index in [0.29, 0.717) is 5.82 Å². The summed E-state index contributed by atoms with van der Waals surface area (Å²) < 4.78 is 39.6. The molecule has 0 radical (unpaired) electrons. The molecule has 7 heteroatoms. The minimum atomic E-state index is -4.42. The topological polar surface area (TPSA) is 50.9 Å². The van der Waals surface area contributed by atoms with E-state index in [0.717, 1.165) is 12.1 Å². The summed E-state index contributed by atoms with van der Waals surface area (Å²) in [7, 11) is 0. The number of nitrogens with zero attached hydrogens (tertiary/aromatic N) is 3. The normalized spacial score (nSPS) is 13.7. The maximum atomic E-state index is 12.7. The molecule has 114 valence electrons. The summed E-state index contributed by atoms with van der Waals surface area (Å²) in [5, 5.41) is 14.2. The first-order chi connectivity index (χ1) is 9.79. The Labute approximate surface area is 120 Å². The number of benzene rings is 1. The zero-order valence-corrected chi connectivity index (χ0v) is 11.7. The summed E-state index contributed by atoms with van der Waals surface area (Å²) in [6, 6.07) is 4.76. The lowest BCUT2D eigenvalue weighted by molar-refractivity contribution is -0.137. The van der Waals surface area contributed by atoms with Crippen molar-refractivity contribution in [1.82, 2.24) is 14.8 Å². The van der Waals surface area contributed by atoms with Gasteiger partial charge in [-0.3, -0.25) is 0 Å². The Kier molecular flexibility index (Phi) is 4.32. The Hall–Kier alpha value is -1.89. The van der Waals surface area contributed by atoms with Crippen LogP contribution in [0, 0.1) is 0 Å². The van der Waals surface area contributed by atoms with Crippen molar-refractivity contribution in [2.45, 2.75) is 38.6 Å². The fraction of sp³-hybridized carbons (Fsp3) is 0.429. The number of hydrogen-bond donors (Lipinski definition) is 1. The molecule has 0 aliphatic rings. The lowest BCUT2D eigenvalue weighted by Crippen LogP contribution is -2.13. The van der Waals surface area contributed by atoms with Crippen LogP contribution in [0.3, 0.4) is 0 Å². The standard InChI is InChI=1S/C14H16F3N3O/c1-9(2)20-13(18-8-19-20)7-12(21)10-4-3-5-11(6-10)14(15,16)17/h3-6,8-9,12,21H,7H2,1-2H3. The number of rotatable bonds is 4. The van der Waals surface area contributed by atoms with Crippen LogP contribution in [0.4, 0.5) is 13.2 Å². The largest absolute Gasteiger partial charge is 0.416 e. The van der Waals surface area contributed by atoms with Crippen molar-refractivity contribution >= 4 is 0 Å². The highest BCUT2D eigenvalue weighted by atomic mass is 19.4. The van der Waals surface area contributed by atoms with Crippen LogP contribution in [0.1, 0.15) is 42.9 Å². The smallest absolute Gasteiger partial charge is 0.388 e. The fourth-order valence-electron chi connectivity index (χ4n) is 2.06. The number of aromatic nitrogens is 3. The molecular weight excluding hydrogens is 283 g/mol. The third-order valence-corrected chi connectivity index (χ3v) is 3.11. The van der Waals surface area contributed by atoms with Crippen molar-refractivity contribution in [2.24, 2.45) is 0 Å². The van der Waals surface area contributed by atoms with Gasteiger partial charge in [-0.05, 0) is 31.5 Å². The summed E-state index contributed by atoms with van der Waals surface area (Å²) in [5.74, 6) is 0.537. The molecule has 0 spiro atoms. The van der Waals surface area contributed by atoms with E-state index in [-0.39, 0.29) is 18.0 Å². The van der Waals surface area contributed by atoms with Crippen molar-refractivity contribution in [2.75, 3.05) is 0 Å². The molecule has 1 aromatic carbocycles. The van der Waals surface area contributed by atoms with Crippen LogP contribution in [0.5, 0.6) is 0 Å². The predicted molar refractivity (Wildman–Crippen MR) is 70.5 cm³/mol. The summed E-state index contributed by atoms with van der Waals surface area (Å²) in [4.78, 5) is 4.04. The highest BCUT2D eigenvalue weighted by Gasteiger charge is 2.31. The van der Waals surface area contributed by atoms with Gasteiger partial charge in [-0.1, -0.05) is 12.1 Å². The molecule has 1 aromatic heterocycles. The van der Waals surface area contributed by atoms with Crippen LogP contribution in [-0.2, 0) is 12.6 Å². The fourth-order valence-corrected chi connectivity index (χ4v) is 2.06. The van der Waals surface area contributed by atoms with Gasteiger partial charge in [0.25, 0.3) is 0 Å². The van der Waals surface area contributed by atoms with Gasteiger partial charge < -0.3 is 5.11 Å². The second kappa shape index (κ2) is 5.85. The molecule has 4 nitrogen and oxygen atoms in total. The molecule has 0 aliphatic carbocycles. The average Bonchev–Trinajstić information content (AvgIpc) is 2.86. The number of alkyl halides is 3. The molecule has 1 unspecified atom stereocenters. The molecule has 0 bridgehead atoms. The Bertz CT molecular complexity index is 608. The lowest BCUT2D eigenvalue weighted by Gasteiger charge is -2.15. The van der Waals surface area contributed by atoms with Gasteiger partial charge in [0.1, 0.15) is 12.2 Å². The molecule has 0 amide bonds. The summed E-state index contributed by atoms with van der Waals surface area (Å²) >= 11 is 0. The summed E-state index contributed by atoms with van der Waals surface area (Å²) in [5.41, 5.74) is -0.562. The molecule has 0 saturated carbocycles. The Morgan fingerprint density at radius 3 is 2.62 bits per heavy atom. The quantitative estimate of drug-likeness (QED) is 0.943. The zero-order valence-electron chi connectivity index (χ0n) is 11.7. The van der Waals surface area contributed by atoms with E-state index in [9.17, 15) is 18.3 Å². The second-order valence-electron chi connectivity index (χ2n) is 5.06. The predicted octanol–water partition coefficient (Wildman–Crippen LogP) is 3.15. The highest BCUT2D eigenvalue weighted by Crippen LogP contribution is 2.31.